The molecule has 3 rings (SSSR count). The van der Waals surface area contributed by atoms with Gasteiger partial charge in [0.25, 0.3) is 0 Å². The van der Waals surface area contributed by atoms with Crippen molar-refractivity contribution in [2.75, 3.05) is 25.5 Å². The van der Waals surface area contributed by atoms with Gasteiger partial charge in [0.1, 0.15) is 5.82 Å². The molecule has 0 aromatic carbocycles. The molecule has 7 nitrogen and oxygen atoms in total. The minimum atomic E-state index is -0.502. The molecule has 1 unspecified atom stereocenters. The summed E-state index contributed by atoms with van der Waals surface area (Å²) >= 11 is 0. The second-order valence-electron chi connectivity index (χ2n) is 6.19. The van der Waals surface area contributed by atoms with Crippen molar-refractivity contribution < 1.29 is 14.3 Å². The van der Waals surface area contributed by atoms with E-state index in [2.05, 4.69) is 20.3 Å². The highest BCUT2D eigenvalue weighted by atomic mass is 16.5. The highest BCUT2D eigenvalue weighted by Gasteiger charge is 2.32. The van der Waals surface area contributed by atoms with Crippen LogP contribution in [0.25, 0.3) is 0 Å². The van der Waals surface area contributed by atoms with Gasteiger partial charge in [-0.25, -0.2) is 4.79 Å². The lowest BCUT2D eigenvalue weighted by atomic mass is 10.1. The van der Waals surface area contributed by atoms with E-state index in [0.29, 0.717) is 18.3 Å². The SMILES string of the molecule is COC(=O)c1ccc(NC2CCN(C(=O)C3CCCC3)C2)nn1. The molecule has 2 aliphatic rings. The van der Waals surface area contributed by atoms with Gasteiger partial charge >= 0.3 is 5.97 Å². The molecule has 1 aromatic heterocycles. The van der Waals surface area contributed by atoms with Gasteiger partial charge in [0.05, 0.1) is 7.11 Å². The standard InChI is InChI=1S/C16H22N4O3/c1-23-16(22)13-6-7-14(19-18-13)17-12-8-9-20(10-12)15(21)11-4-2-3-5-11/h6-7,11-12H,2-5,8-10H2,1H3,(H,17,19). The first-order chi connectivity index (χ1) is 11.2. The fourth-order valence-electron chi connectivity index (χ4n) is 3.34. The number of hydrogen-bond donors (Lipinski definition) is 1. The first-order valence-corrected chi connectivity index (χ1v) is 8.14. The Morgan fingerprint density at radius 3 is 2.65 bits per heavy atom. The lowest BCUT2D eigenvalue weighted by molar-refractivity contribution is -0.134. The van der Waals surface area contributed by atoms with Crippen LogP contribution in [0, 0.1) is 5.92 Å². The molecule has 124 valence electrons. The molecule has 1 aliphatic carbocycles. The van der Waals surface area contributed by atoms with Crippen molar-refractivity contribution in [3.8, 4) is 0 Å². The second kappa shape index (κ2) is 6.93. The number of aromatic nitrogens is 2. The van der Waals surface area contributed by atoms with E-state index in [1.54, 1.807) is 12.1 Å². The molecule has 1 N–H and O–H groups in total. The Morgan fingerprint density at radius 1 is 1.22 bits per heavy atom. The van der Waals surface area contributed by atoms with Crippen molar-refractivity contribution >= 4 is 17.7 Å². The number of ether oxygens (including phenoxy) is 1. The lowest BCUT2D eigenvalue weighted by Gasteiger charge is -2.20. The van der Waals surface area contributed by atoms with E-state index in [1.165, 1.54) is 20.0 Å². The third-order valence-corrected chi connectivity index (χ3v) is 4.62. The van der Waals surface area contributed by atoms with Crippen LogP contribution in [-0.2, 0) is 9.53 Å². The molecule has 1 atom stereocenters. The highest BCUT2D eigenvalue weighted by molar-refractivity contribution is 5.87. The van der Waals surface area contributed by atoms with Crippen molar-refractivity contribution in [1.82, 2.24) is 15.1 Å². The number of amides is 1. The molecule has 0 bridgehead atoms. The van der Waals surface area contributed by atoms with Crippen molar-refractivity contribution in [3.63, 3.8) is 0 Å². The maximum absolute atomic E-state index is 12.4. The van der Waals surface area contributed by atoms with E-state index < -0.39 is 5.97 Å². The number of nitrogens with one attached hydrogen (secondary N) is 1. The summed E-state index contributed by atoms with van der Waals surface area (Å²) in [6.07, 6.45) is 5.32. The van der Waals surface area contributed by atoms with Crippen LogP contribution in [0.1, 0.15) is 42.6 Å². The smallest absolute Gasteiger partial charge is 0.358 e. The van der Waals surface area contributed by atoms with Gasteiger partial charge in [-0.15, -0.1) is 10.2 Å². The zero-order valence-electron chi connectivity index (χ0n) is 13.3. The summed E-state index contributed by atoms with van der Waals surface area (Å²) in [5.41, 5.74) is 0.183. The van der Waals surface area contributed by atoms with E-state index in [0.717, 1.165) is 25.8 Å². The molecular formula is C16H22N4O3. The molecule has 1 aromatic rings. The van der Waals surface area contributed by atoms with Gasteiger partial charge in [-0.1, -0.05) is 12.8 Å². The molecule has 1 saturated heterocycles. The van der Waals surface area contributed by atoms with Gasteiger partial charge < -0.3 is 15.0 Å². The van der Waals surface area contributed by atoms with E-state index >= 15 is 0 Å². The zero-order valence-corrected chi connectivity index (χ0v) is 13.3. The topological polar surface area (TPSA) is 84.4 Å². The van der Waals surface area contributed by atoms with Crippen molar-refractivity contribution in [2.45, 2.75) is 38.1 Å². The number of likely N-dealkylation sites (tertiary alicyclic amines) is 1. The summed E-state index contributed by atoms with van der Waals surface area (Å²) in [7, 11) is 1.31. The van der Waals surface area contributed by atoms with Crippen molar-refractivity contribution in [3.05, 3.63) is 17.8 Å². The number of hydrogen-bond acceptors (Lipinski definition) is 6. The number of anilines is 1. The van der Waals surface area contributed by atoms with Gasteiger partial charge in [-0.2, -0.15) is 0 Å². The van der Waals surface area contributed by atoms with Crippen LogP contribution >= 0.6 is 0 Å². The van der Waals surface area contributed by atoms with Crippen LogP contribution in [0.2, 0.25) is 0 Å². The first-order valence-electron chi connectivity index (χ1n) is 8.14. The van der Waals surface area contributed by atoms with E-state index in [4.69, 9.17) is 0 Å². The third kappa shape index (κ3) is 3.60. The second-order valence-corrected chi connectivity index (χ2v) is 6.19. The molecule has 1 amide bonds. The summed E-state index contributed by atoms with van der Waals surface area (Å²) in [4.78, 5) is 25.7. The quantitative estimate of drug-likeness (QED) is 0.846. The number of esters is 1. The van der Waals surface area contributed by atoms with Gasteiger partial charge in [-0.05, 0) is 31.4 Å². The molecular weight excluding hydrogens is 296 g/mol. The largest absolute Gasteiger partial charge is 0.464 e. The number of carbonyl (C=O) groups excluding carboxylic acids is 2. The molecule has 7 heteroatoms. The van der Waals surface area contributed by atoms with Gasteiger partial charge in [0, 0.05) is 25.0 Å². The maximum atomic E-state index is 12.4. The van der Waals surface area contributed by atoms with E-state index in [-0.39, 0.29) is 17.7 Å². The number of carbonyl (C=O) groups is 2. The van der Waals surface area contributed by atoms with Crippen molar-refractivity contribution in [2.24, 2.45) is 5.92 Å². The molecule has 2 fully saturated rings. The molecule has 0 radical (unpaired) electrons. The van der Waals surface area contributed by atoms with Gasteiger partial charge in [0.15, 0.2) is 5.69 Å². The van der Waals surface area contributed by atoms with Crippen LogP contribution in [0.4, 0.5) is 5.82 Å². The molecule has 1 aliphatic heterocycles. The minimum Gasteiger partial charge on any atom is -0.464 e. The first kappa shape index (κ1) is 15.7. The Balaban J connectivity index is 1.53. The van der Waals surface area contributed by atoms with Gasteiger partial charge in [0.2, 0.25) is 5.91 Å². The monoisotopic (exact) mass is 318 g/mol. The molecule has 0 spiro atoms. The normalized spacial score (nSPS) is 21.4. The third-order valence-electron chi connectivity index (χ3n) is 4.62. The Labute approximate surface area is 135 Å². The van der Waals surface area contributed by atoms with Crippen LogP contribution in [0.5, 0.6) is 0 Å². The Hall–Kier alpha value is -2.18. The average molecular weight is 318 g/mol. The maximum Gasteiger partial charge on any atom is 0.358 e. The van der Waals surface area contributed by atoms with Crippen LogP contribution < -0.4 is 5.32 Å². The van der Waals surface area contributed by atoms with E-state index in [9.17, 15) is 9.59 Å². The Morgan fingerprint density at radius 2 is 2.00 bits per heavy atom. The summed E-state index contributed by atoms with van der Waals surface area (Å²) in [5, 5.41) is 11.1. The average Bonchev–Trinajstić information content (AvgIpc) is 3.26. The molecule has 23 heavy (non-hydrogen) atoms. The van der Waals surface area contributed by atoms with E-state index in [1.807, 2.05) is 4.90 Å². The van der Waals surface area contributed by atoms with Crippen LogP contribution in [0.3, 0.4) is 0 Å². The number of rotatable bonds is 4. The minimum absolute atomic E-state index is 0.179. The number of methoxy groups -OCH3 is 1. The summed E-state index contributed by atoms with van der Waals surface area (Å²) in [5.74, 6) is 0.642. The highest BCUT2D eigenvalue weighted by Crippen LogP contribution is 2.28. The summed E-state index contributed by atoms with van der Waals surface area (Å²) in [6.45, 7) is 1.50. The van der Waals surface area contributed by atoms with Crippen LogP contribution in [0.15, 0.2) is 12.1 Å². The summed E-state index contributed by atoms with van der Waals surface area (Å²) < 4.78 is 4.59. The molecule has 2 heterocycles. The zero-order chi connectivity index (χ0) is 16.2. The molecule has 1 saturated carbocycles. The lowest BCUT2D eigenvalue weighted by Crippen LogP contribution is -2.35. The van der Waals surface area contributed by atoms with Gasteiger partial charge in [-0.3, -0.25) is 4.79 Å². The Bertz CT molecular complexity index is 569. The van der Waals surface area contributed by atoms with Crippen LogP contribution in [-0.4, -0.2) is 53.2 Å². The predicted octanol–water partition coefficient (Wildman–Crippen LogP) is 1.47. The fourth-order valence-corrected chi connectivity index (χ4v) is 3.34. The fraction of sp³-hybridized carbons (Fsp3) is 0.625. The van der Waals surface area contributed by atoms with Crippen molar-refractivity contribution in [1.29, 1.82) is 0 Å². The predicted molar refractivity (Wildman–Crippen MR) is 83.9 cm³/mol. The number of nitrogens with zero attached hydrogens (tertiary/aromatic N) is 3. The Kier molecular flexibility index (Phi) is 4.73. The summed E-state index contributed by atoms with van der Waals surface area (Å²) in [6, 6.07) is 3.47.